The van der Waals surface area contributed by atoms with Gasteiger partial charge < -0.3 is 20.6 Å². The molecule has 1 aliphatic rings. The molecule has 2 rings (SSSR count). The molecule has 0 amide bonds. The molecule has 0 radical (unpaired) electrons. The highest BCUT2D eigenvalue weighted by Crippen LogP contribution is 2.23. The molecule has 0 bridgehead atoms. The summed E-state index contributed by atoms with van der Waals surface area (Å²) in [6.07, 6.45) is -0.751. The van der Waals surface area contributed by atoms with Crippen molar-refractivity contribution in [3.05, 3.63) is 33.8 Å². The first-order valence-electron chi connectivity index (χ1n) is 9.62. The van der Waals surface area contributed by atoms with Crippen LogP contribution in [-0.4, -0.2) is 79.8 Å². The number of piperazine rings is 1. The predicted molar refractivity (Wildman–Crippen MR) is 129 cm³/mol. The molecular formula is C19H32Cl2IN5O. The van der Waals surface area contributed by atoms with Crippen LogP contribution in [0.2, 0.25) is 10.0 Å². The molecule has 0 aromatic heterocycles. The molecule has 1 atom stereocenters. The minimum atomic E-state index is -0.751. The highest BCUT2D eigenvalue weighted by Gasteiger charge is 2.15. The number of halogens is 3. The maximum Gasteiger partial charge on any atom is 0.191 e. The number of aliphatic hydroxyl groups excluding tert-OH is 1. The second kappa shape index (κ2) is 13.8. The number of aliphatic imine (C=N–C) groups is 1. The fourth-order valence-corrected chi connectivity index (χ4v) is 3.60. The van der Waals surface area contributed by atoms with E-state index in [0.717, 1.165) is 52.4 Å². The number of hydrogen-bond acceptors (Lipinski definition) is 4. The number of hydrogen-bond donors (Lipinski definition) is 3. The minimum absolute atomic E-state index is 0. The van der Waals surface area contributed by atoms with Gasteiger partial charge in [-0.3, -0.25) is 9.89 Å². The molecule has 28 heavy (non-hydrogen) atoms. The fraction of sp³-hybridized carbons (Fsp3) is 0.632. The van der Waals surface area contributed by atoms with Crippen molar-refractivity contribution in [1.82, 2.24) is 20.4 Å². The smallest absolute Gasteiger partial charge is 0.191 e. The second-order valence-electron chi connectivity index (χ2n) is 6.64. The van der Waals surface area contributed by atoms with E-state index in [9.17, 15) is 5.11 Å². The van der Waals surface area contributed by atoms with E-state index in [4.69, 9.17) is 23.2 Å². The zero-order valence-electron chi connectivity index (χ0n) is 16.6. The molecule has 1 heterocycles. The molecule has 0 saturated carbocycles. The first kappa shape index (κ1) is 25.7. The fourth-order valence-electron chi connectivity index (χ4n) is 3.05. The third-order valence-electron chi connectivity index (χ3n) is 4.67. The molecule has 1 aromatic rings. The molecule has 6 nitrogen and oxygen atoms in total. The molecule has 1 aromatic carbocycles. The van der Waals surface area contributed by atoms with Crippen molar-refractivity contribution in [3.63, 3.8) is 0 Å². The van der Waals surface area contributed by atoms with Gasteiger partial charge in [-0.1, -0.05) is 30.1 Å². The molecule has 1 fully saturated rings. The summed E-state index contributed by atoms with van der Waals surface area (Å²) >= 11 is 12.0. The monoisotopic (exact) mass is 543 g/mol. The number of likely N-dealkylation sites (N-methyl/N-ethyl adjacent to an activating group) is 1. The van der Waals surface area contributed by atoms with Crippen molar-refractivity contribution >= 4 is 53.1 Å². The Balaban J connectivity index is 0.00000392. The number of guanidine groups is 1. The standard InChI is InChI=1S/C19H31Cl2N5O.HI/c1-3-22-19(23-5-6-26-9-7-25(4-2)8-10-26)24-14-18(27)15-11-16(20)13-17(21)12-15;/h11-13,18,27H,3-10,14H2,1-2H3,(H2,22,23,24);1H. The number of benzene rings is 1. The van der Waals surface area contributed by atoms with Crippen LogP contribution in [0.5, 0.6) is 0 Å². The summed E-state index contributed by atoms with van der Waals surface area (Å²) < 4.78 is 0. The normalized spacial score (nSPS) is 17.1. The third kappa shape index (κ3) is 9.00. The quantitative estimate of drug-likeness (QED) is 0.267. The Kier molecular flexibility index (Phi) is 12.7. The Hall–Kier alpha value is -0.320. The molecule has 1 saturated heterocycles. The Morgan fingerprint density at radius 1 is 1.07 bits per heavy atom. The van der Waals surface area contributed by atoms with Crippen molar-refractivity contribution < 1.29 is 5.11 Å². The average molecular weight is 544 g/mol. The van der Waals surface area contributed by atoms with E-state index >= 15 is 0 Å². The first-order chi connectivity index (χ1) is 13.0. The molecule has 160 valence electrons. The molecule has 1 unspecified atom stereocenters. The number of nitrogens with one attached hydrogen (secondary N) is 2. The Morgan fingerprint density at radius 3 is 2.25 bits per heavy atom. The molecule has 0 aliphatic carbocycles. The Labute approximate surface area is 195 Å². The number of aliphatic hydroxyl groups is 1. The Bertz CT molecular complexity index is 592. The summed E-state index contributed by atoms with van der Waals surface area (Å²) in [7, 11) is 0. The van der Waals surface area contributed by atoms with Crippen LogP contribution in [0.15, 0.2) is 23.2 Å². The zero-order valence-corrected chi connectivity index (χ0v) is 20.5. The summed E-state index contributed by atoms with van der Waals surface area (Å²) in [4.78, 5) is 9.42. The summed E-state index contributed by atoms with van der Waals surface area (Å²) in [5.41, 5.74) is 0.667. The van der Waals surface area contributed by atoms with Gasteiger partial charge >= 0.3 is 0 Å². The van der Waals surface area contributed by atoms with Crippen LogP contribution in [0, 0.1) is 0 Å². The van der Waals surface area contributed by atoms with E-state index in [1.165, 1.54) is 0 Å². The lowest BCUT2D eigenvalue weighted by Crippen LogP contribution is -2.49. The van der Waals surface area contributed by atoms with E-state index in [0.29, 0.717) is 21.6 Å². The maximum atomic E-state index is 10.4. The van der Waals surface area contributed by atoms with Crippen molar-refractivity contribution in [2.75, 3.05) is 58.9 Å². The van der Waals surface area contributed by atoms with Crippen LogP contribution in [0.4, 0.5) is 0 Å². The van der Waals surface area contributed by atoms with E-state index in [-0.39, 0.29) is 30.5 Å². The first-order valence-corrected chi connectivity index (χ1v) is 10.4. The lowest BCUT2D eigenvalue weighted by Gasteiger charge is -2.34. The number of rotatable bonds is 8. The summed E-state index contributed by atoms with van der Waals surface area (Å²) in [5.74, 6) is 0.705. The molecule has 0 spiro atoms. The minimum Gasteiger partial charge on any atom is -0.386 e. The van der Waals surface area contributed by atoms with Gasteiger partial charge in [0, 0.05) is 55.9 Å². The highest BCUT2D eigenvalue weighted by molar-refractivity contribution is 14.0. The van der Waals surface area contributed by atoms with Crippen molar-refractivity contribution in [3.8, 4) is 0 Å². The van der Waals surface area contributed by atoms with E-state index in [1.54, 1.807) is 18.2 Å². The van der Waals surface area contributed by atoms with Crippen molar-refractivity contribution in [2.24, 2.45) is 4.99 Å². The van der Waals surface area contributed by atoms with Crippen molar-refractivity contribution in [1.29, 1.82) is 0 Å². The third-order valence-corrected chi connectivity index (χ3v) is 5.11. The lowest BCUT2D eigenvalue weighted by molar-refractivity contribution is 0.139. The zero-order chi connectivity index (χ0) is 19.6. The van der Waals surface area contributed by atoms with Gasteiger partial charge in [0.05, 0.1) is 12.6 Å². The van der Waals surface area contributed by atoms with Crippen molar-refractivity contribution in [2.45, 2.75) is 20.0 Å². The predicted octanol–water partition coefficient (Wildman–Crippen LogP) is 2.84. The van der Waals surface area contributed by atoms with Crippen LogP contribution >= 0.6 is 47.2 Å². The summed E-state index contributed by atoms with van der Waals surface area (Å²) in [5, 5.41) is 17.9. The van der Waals surface area contributed by atoms with Gasteiger partial charge in [-0.05, 0) is 37.2 Å². The van der Waals surface area contributed by atoms with E-state index in [2.05, 4.69) is 32.3 Å². The molecule has 3 N–H and O–H groups in total. The van der Waals surface area contributed by atoms with Gasteiger partial charge in [0.2, 0.25) is 0 Å². The van der Waals surface area contributed by atoms with Gasteiger partial charge in [-0.25, -0.2) is 0 Å². The van der Waals surface area contributed by atoms with Gasteiger partial charge in [0.25, 0.3) is 0 Å². The molecular weight excluding hydrogens is 512 g/mol. The van der Waals surface area contributed by atoms with E-state index in [1.807, 2.05) is 6.92 Å². The van der Waals surface area contributed by atoms with Gasteiger partial charge in [-0.2, -0.15) is 0 Å². The van der Waals surface area contributed by atoms with Gasteiger partial charge in [0.1, 0.15) is 0 Å². The second-order valence-corrected chi connectivity index (χ2v) is 7.51. The van der Waals surface area contributed by atoms with Gasteiger partial charge in [0.15, 0.2) is 5.96 Å². The van der Waals surface area contributed by atoms with Gasteiger partial charge in [-0.15, -0.1) is 24.0 Å². The SMILES string of the molecule is CCNC(=NCC(O)c1cc(Cl)cc(Cl)c1)NCCN1CCN(CC)CC1.I. The summed E-state index contributed by atoms with van der Waals surface area (Å²) in [6, 6.07) is 5.07. The molecule has 9 heteroatoms. The summed E-state index contributed by atoms with van der Waals surface area (Å²) in [6.45, 7) is 12.7. The van der Waals surface area contributed by atoms with Crippen LogP contribution in [0.3, 0.4) is 0 Å². The largest absolute Gasteiger partial charge is 0.386 e. The highest BCUT2D eigenvalue weighted by atomic mass is 127. The van der Waals surface area contributed by atoms with Crippen LogP contribution in [0.1, 0.15) is 25.5 Å². The average Bonchev–Trinajstić information content (AvgIpc) is 2.65. The van der Waals surface area contributed by atoms with Crippen LogP contribution in [0.25, 0.3) is 0 Å². The van der Waals surface area contributed by atoms with E-state index < -0.39 is 6.10 Å². The van der Waals surface area contributed by atoms with Crippen LogP contribution in [-0.2, 0) is 0 Å². The Morgan fingerprint density at radius 2 is 1.68 bits per heavy atom. The van der Waals surface area contributed by atoms with Crippen LogP contribution < -0.4 is 10.6 Å². The maximum absolute atomic E-state index is 10.4. The lowest BCUT2D eigenvalue weighted by atomic mass is 10.1. The topological polar surface area (TPSA) is 63.1 Å². The number of nitrogens with zero attached hydrogens (tertiary/aromatic N) is 3. The molecule has 1 aliphatic heterocycles.